The Morgan fingerprint density at radius 1 is 1.29 bits per heavy atom. The van der Waals surface area contributed by atoms with E-state index in [1.165, 1.54) is 36.0 Å². The smallest absolute Gasteiger partial charge is 0.270 e. The molecule has 0 radical (unpaired) electrons. The van der Waals surface area contributed by atoms with Gasteiger partial charge in [0.05, 0.1) is 27.4 Å². The zero-order valence-electron chi connectivity index (χ0n) is 14.5. The number of hydrogen-bond donors (Lipinski definition) is 2. The SMILES string of the molecule is Cc1ccc([N+](=O)[O-])cc1S(=O)(=O)Nc1ccccc1-n1ncc(C#N)c1N. The summed E-state index contributed by atoms with van der Waals surface area (Å²) in [5, 5.41) is 24.1. The van der Waals surface area contributed by atoms with E-state index >= 15 is 0 Å². The average Bonchev–Trinajstić information content (AvgIpc) is 3.02. The molecular formula is C17H14N6O4S. The second kappa shape index (κ2) is 7.01. The third-order valence-electron chi connectivity index (χ3n) is 3.98. The topological polar surface area (TPSA) is 157 Å². The highest BCUT2D eigenvalue weighted by molar-refractivity contribution is 7.92. The molecule has 0 saturated carbocycles. The van der Waals surface area contributed by atoms with Crippen molar-refractivity contribution >= 4 is 27.2 Å². The summed E-state index contributed by atoms with van der Waals surface area (Å²) in [7, 11) is -4.14. The zero-order valence-corrected chi connectivity index (χ0v) is 15.3. The molecule has 3 N–H and O–H groups in total. The molecule has 142 valence electrons. The first-order chi connectivity index (χ1) is 13.2. The lowest BCUT2D eigenvalue weighted by molar-refractivity contribution is -0.385. The van der Waals surface area contributed by atoms with Crippen molar-refractivity contribution in [2.24, 2.45) is 0 Å². The number of nitrogens with one attached hydrogen (secondary N) is 1. The molecule has 1 heterocycles. The van der Waals surface area contributed by atoms with Crippen LogP contribution in [0.25, 0.3) is 5.69 Å². The third kappa shape index (κ3) is 3.36. The van der Waals surface area contributed by atoms with Crippen LogP contribution in [-0.2, 0) is 10.0 Å². The summed E-state index contributed by atoms with van der Waals surface area (Å²) in [6, 6.07) is 11.8. The number of anilines is 2. The van der Waals surface area contributed by atoms with E-state index in [4.69, 9.17) is 11.0 Å². The second-order valence-corrected chi connectivity index (χ2v) is 7.45. The van der Waals surface area contributed by atoms with Crippen molar-refractivity contribution in [1.29, 1.82) is 5.26 Å². The number of non-ortho nitro benzene ring substituents is 1. The molecule has 0 amide bonds. The largest absolute Gasteiger partial charge is 0.382 e. The molecule has 0 saturated heterocycles. The van der Waals surface area contributed by atoms with E-state index in [9.17, 15) is 18.5 Å². The molecular weight excluding hydrogens is 384 g/mol. The number of nitriles is 1. The number of nitrogen functional groups attached to an aromatic ring is 1. The van der Waals surface area contributed by atoms with Crippen LogP contribution in [0.5, 0.6) is 0 Å². The lowest BCUT2D eigenvalue weighted by atomic mass is 10.2. The van der Waals surface area contributed by atoms with Gasteiger partial charge in [-0.25, -0.2) is 13.1 Å². The molecule has 3 rings (SSSR count). The van der Waals surface area contributed by atoms with E-state index < -0.39 is 14.9 Å². The van der Waals surface area contributed by atoms with Crippen molar-refractivity contribution in [3.05, 3.63) is 69.9 Å². The summed E-state index contributed by atoms with van der Waals surface area (Å²) in [5.41, 5.74) is 6.49. The van der Waals surface area contributed by atoms with E-state index in [0.29, 0.717) is 11.3 Å². The maximum absolute atomic E-state index is 12.9. The van der Waals surface area contributed by atoms with Crippen molar-refractivity contribution in [2.75, 3.05) is 10.5 Å². The predicted molar refractivity (Wildman–Crippen MR) is 101 cm³/mol. The number of para-hydroxylation sites is 2. The number of nitro groups is 1. The van der Waals surface area contributed by atoms with Gasteiger partial charge in [-0.1, -0.05) is 18.2 Å². The summed E-state index contributed by atoms with van der Waals surface area (Å²) >= 11 is 0. The van der Waals surface area contributed by atoms with Gasteiger partial charge in [0.2, 0.25) is 0 Å². The molecule has 28 heavy (non-hydrogen) atoms. The number of hydrogen-bond acceptors (Lipinski definition) is 7. The molecule has 10 nitrogen and oxygen atoms in total. The number of benzene rings is 2. The van der Waals surface area contributed by atoms with Gasteiger partial charge in [-0.15, -0.1) is 0 Å². The van der Waals surface area contributed by atoms with E-state index in [1.807, 2.05) is 6.07 Å². The number of rotatable bonds is 5. The van der Waals surface area contributed by atoms with Crippen LogP contribution in [0.3, 0.4) is 0 Å². The summed E-state index contributed by atoms with van der Waals surface area (Å²) in [6.45, 7) is 1.54. The highest BCUT2D eigenvalue weighted by Gasteiger charge is 2.22. The van der Waals surface area contributed by atoms with Crippen LogP contribution in [0.15, 0.2) is 53.6 Å². The molecule has 11 heteroatoms. The molecule has 3 aromatic rings. The van der Waals surface area contributed by atoms with Crippen LogP contribution in [0.1, 0.15) is 11.1 Å². The van der Waals surface area contributed by atoms with Gasteiger partial charge in [-0.2, -0.15) is 10.4 Å². The van der Waals surface area contributed by atoms with Crippen molar-refractivity contribution in [3.8, 4) is 11.8 Å². The Hall–Kier alpha value is -3.91. The van der Waals surface area contributed by atoms with Gasteiger partial charge in [0.1, 0.15) is 17.5 Å². The highest BCUT2D eigenvalue weighted by atomic mass is 32.2. The fourth-order valence-corrected chi connectivity index (χ4v) is 3.91. The van der Waals surface area contributed by atoms with E-state index in [1.54, 1.807) is 18.2 Å². The lowest BCUT2D eigenvalue weighted by Gasteiger charge is -2.14. The fraction of sp³-hybridized carbons (Fsp3) is 0.0588. The van der Waals surface area contributed by atoms with Gasteiger partial charge in [-0.05, 0) is 24.6 Å². The van der Waals surface area contributed by atoms with Gasteiger partial charge in [0.25, 0.3) is 15.7 Å². The number of aryl methyl sites for hydroxylation is 1. The van der Waals surface area contributed by atoms with Crippen molar-refractivity contribution in [3.63, 3.8) is 0 Å². The normalized spacial score (nSPS) is 11.0. The van der Waals surface area contributed by atoms with Gasteiger partial charge < -0.3 is 5.73 Å². The van der Waals surface area contributed by atoms with E-state index in [2.05, 4.69) is 9.82 Å². The van der Waals surface area contributed by atoms with Crippen LogP contribution in [0.4, 0.5) is 17.2 Å². The quantitative estimate of drug-likeness (QED) is 0.493. The van der Waals surface area contributed by atoms with Crippen molar-refractivity contribution in [2.45, 2.75) is 11.8 Å². The molecule has 0 atom stereocenters. The maximum atomic E-state index is 12.9. The first-order valence-corrected chi connectivity index (χ1v) is 9.34. The molecule has 0 spiro atoms. The summed E-state index contributed by atoms with van der Waals surface area (Å²) in [5.74, 6) is 0.0562. The lowest BCUT2D eigenvalue weighted by Crippen LogP contribution is -2.16. The second-order valence-electron chi connectivity index (χ2n) is 5.80. The summed E-state index contributed by atoms with van der Waals surface area (Å²) in [6.07, 6.45) is 1.27. The Balaban J connectivity index is 2.08. The van der Waals surface area contributed by atoms with Crippen LogP contribution >= 0.6 is 0 Å². The van der Waals surface area contributed by atoms with Gasteiger partial charge in [0.15, 0.2) is 0 Å². The maximum Gasteiger partial charge on any atom is 0.270 e. The minimum atomic E-state index is -4.14. The third-order valence-corrected chi connectivity index (χ3v) is 5.48. The number of sulfonamides is 1. The summed E-state index contributed by atoms with van der Waals surface area (Å²) < 4.78 is 29.4. The number of aromatic nitrogens is 2. The van der Waals surface area contributed by atoms with Gasteiger partial charge >= 0.3 is 0 Å². The molecule has 0 aliphatic carbocycles. The van der Waals surface area contributed by atoms with Crippen LogP contribution in [0, 0.1) is 28.4 Å². The van der Waals surface area contributed by atoms with Crippen LogP contribution in [-0.4, -0.2) is 23.1 Å². The van der Waals surface area contributed by atoms with Gasteiger partial charge in [0, 0.05) is 12.1 Å². The van der Waals surface area contributed by atoms with E-state index in [-0.39, 0.29) is 27.7 Å². The van der Waals surface area contributed by atoms with E-state index in [0.717, 1.165) is 6.07 Å². The minimum absolute atomic E-state index is 0.0562. The Bertz CT molecular complexity index is 1230. The Kier molecular flexibility index (Phi) is 4.72. The standard InChI is InChI=1S/C17H14N6O4S/c1-11-6-7-13(23(24)25)8-16(11)28(26,27)21-14-4-2-3-5-15(14)22-17(19)12(9-18)10-20-22/h2-8,10,21H,19H2,1H3. The summed E-state index contributed by atoms with van der Waals surface area (Å²) in [4.78, 5) is 10.1. The number of nitro benzene ring substituents is 1. The van der Waals surface area contributed by atoms with Crippen LogP contribution < -0.4 is 10.5 Å². The Morgan fingerprint density at radius 2 is 2.00 bits per heavy atom. The molecule has 0 fully saturated rings. The zero-order chi connectivity index (χ0) is 20.5. The molecule has 2 aromatic carbocycles. The number of nitrogens with two attached hydrogens (primary N) is 1. The first kappa shape index (κ1) is 18.9. The predicted octanol–water partition coefficient (Wildman–Crippen LogP) is 2.34. The van der Waals surface area contributed by atoms with Gasteiger partial charge in [-0.3, -0.25) is 14.8 Å². The Labute approximate surface area is 160 Å². The number of nitrogens with zero attached hydrogens (tertiary/aromatic N) is 4. The molecule has 0 aliphatic heterocycles. The fourth-order valence-electron chi connectivity index (χ4n) is 2.57. The van der Waals surface area contributed by atoms with Crippen molar-refractivity contribution < 1.29 is 13.3 Å². The first-order valence-electron chi connectivity index (χ1n) is 7.85. The average molecular weight is 398 g/mol. The monoisotopic (exact) mass is 398 g/mol. The molecule has 0 aliphatic rings. The highest BCUT2D eigenvalue weighted by Crippen LogP contribution is 2.28. The Morgan fingerprint density at radius 3 is 2.64 bits per heavy atom. The molecule has 0 bridgehead atoms. The molecule has 0 unspecified atom stereocenters. The molecule has 1 aromatic heterocycles. The minimum Gasteiger partial charge on any atom is -0.382 e. The van der Waals surface area contributed by atoms with Crippen molar-refractivity contribution in [1.82, 2.24) is 9.78 Å². The van der Waals surface area contributed by atoms with Crippen LogP contribution in [0.2, 0.25) is 0 Å².